The molecule has 88 valence electrons. The molecule has 15 heavy (non-hydrogen) atoms. The van der Waals surface area contributed by atoms with Crippen molar-refractivity contribution in [2.45, 2.75) is 71.6 Å². The molecule has 1 fully saturated rings. The van der Waals surface area contributed by atoms with E-state index in [1.54, 1.807) is 0 Å². The summed E-state index contributed by atoms with van der Waals surface area (Å²) in [5.74, 6) is 1.77. The van der Waals surface area contributed by atoms with Crippen LogP contribution in [0.15, 0.2) is 0 Å². The molecule has 0 aromatic heterocycles. The summed E-state index contributed by atoms with van der Waals surface area (Å²) >= 11 is 0. The first kappa shape index (κ1) is 12.7. The molecule has 0 spiro atoms. The lowest BCUT2D eigenvalue weighted by molar-refractivity contribution is -0.125. The average Bonchev–Trinajstić information content (AvgIpc) is 2.26. The fraction of sp³-hybridized carbons (Fsp3) is 0.929. The van der Waals surface area contributed by atoms with Crippen molar-refractivity contribution in [2.24, 2.45) is 11.8 Å². The van der Waals surface area contributed by atoms with Crippen LogP contribution in [-0.4, -0.2) is 5.78 Å². The molecular weight excluding hydrogens is 184 g/mol. The Morgan fingerprint density at radius 3 is 2.73 bits per heavy atom. The number of unbranched alkanes of at least 4 members (excludes halogenated alkanes) is 1. The van der Waals surface area contributed by atoms with Gasteiger partial charge in [0.2, 0.25) is 0 Å². The Hall–Kier alpha value is -0.330. The van der Waals surface area contributed by atoms with Gasteiger partial charge in [-0.1, -0.05) is 46.0 Å². The van der Waals surface area contributed by atoms with Gasteiger partial charge < -0.3 is 0 Å². The van der Waals surface area contributed by atoms with E-state index in [4.69, 9.17) is 0 Å². The number of ketones is 1. The lowest BCUT2D eigenvalue weighted by Gasteiger charge is -2.24. The second-order valence-corrected chi connectivity index (χ2v) is 5.06. The van der Waals surface area contributed by atoms with Gasteiger partial charge in [-0.2, -0.15) is 0 Å². The molecule has 0 aliphatic heterocycles. The van der Waals surface area contributed by atoms with Crippen molar-refractivity contribution < 1.29 is 4.79 Å². The third kappa shape index (κ3) is 4.36. The molecule has 0 aromatic carbocycles. The van der Waals surface area contributed by atoms with Gasteiger partial charge in [0.1, 0.15) is 5.78 Å². The summed E-state index contributed by atoms with van der Waals surface area (Å²) in [4.78, 5) is 11.7. The van der Waals surface area contributed by atoms with Gasteiger partial charge in [0.05, 0.1) is 0 Å². The number of carbonyl (C=O) groups is 1. The molecule has 1 rings (SSSR count). The molecule has 0 aromatic rings. The molecule has 0 amide bonds. The van der Waals surface area contributed by atoms with Gasteiger partial charge in [0.25, 0.3) is 0 Å². The van der Waals surface area contributed by atoms with Crippen molar-refractivity contribution in [1.29, 1.82) is 0 Å². The molecular formula is C14H26O. The minimum absolute atomic E-state index is 0.417. The summed E-state index contributed by atoms with van der Waals surface area (Å²) in [6.45, 7) is 4.52. The van der Waals surface area contributed by atoms with Crippen LogP contribution in [0.4, 0.5) is 0 Å². The number of Topliss-reactive ketones (excluding diaryl/α,β-unsaturated/α-hetero) is 1. The van der Waals surface area contributed by atoms with Gasteiger partial charge >= 0.3 is 0 Å². The first-order chi connectivity index (χ1) is 7.27. The van der Waals surface area contributed by atoms with Gasteiger partial charge in [0.15, 0.2) is 0 Å². The smallest absolute Gasteiger partial charge is 0.135 e. The first-order valence-electron chi connectivity index (χ1n) is 6.80. The first-order valence-corrected chi connectivity index (χ1v) is 6.80. The van der Waals surface area contributed by atoms with E-state index in [-0.39, 0.29) is 0 Å². The quantitative estimate of drug-likeness (QED) is 0.637. The van der Waals surface area contributed by atoms with Crippen molar-refractivity contribution >= 4 is 5.78 Å². The van der Waals surface area contributed by atoms with E-state index >= 15 is 0 Å². The lowest BCUT2D eigenvalue weighted by atomic mass is 9.80. The highest BCUT2D eigenvalue weighted by molar-refractivity contribution is 5.81. The number of carbonyl (C=O) groups excluding carboxylic acids is 1. The molecule has 1 aliphatic carbocycles. The molecule has 2 atom stereocenters. The van der Waals surface area contributed by atoms with Crippen molar-refractivity contribution in [2.75, 3.05) is 0 Å². The number of hydrogen-bond acceptors (Lipinski definition) is 1. The zero-order valence-electron chi connectivity index (χ0n) is 10.4. The monoisotopic (exact) mass is 210 g/mol. The van der Waals surface area contributed by atoms with E-state index in [1.165, 1.54) is 44.9 Å². The zero-order valence-corrected chi connectivity index (χ0v) is 10.4. The normalized spacial score (nSPS) is 24.1. The van der Waals surface area contributed by atoms with Gasteiger partial charge in [-0.05, 0) is 25.2 Å². The summed E-state index contributed by atoms with van der Waals surface area (Å²) < 4.78 is 0. The predicted molar refractivity (Wildman–Crippen MR) is 64.9 cm³/mol. The Kier molecular flexibility index (Phi) is 5.97. The fourth-order valence-electron chi connectivity index (χ4n) is 2.69. The van der Waals surface area contributed by atoms with Crippen molar-refractivity contribution in [3.8, 4) is 0 Å². The third-order valence-electron chi connectivity index (χ3n) is 3.84. The maximum Gasteiger partial charge on any atom is 0.135 e. The second kappa shape index (κ2) is 7.03. The van der Waals surface area contributed by atoms with E-state index in [0.717, 1.165) is 18.8 Å². The van der Waals surface area contributed by atoms with Gasteiger partial charge in [-0.25, -0.2) is 0 Å². The summed E-state index contributed by atoms with van der Waals surface area (Å²) in [6, 6.07) is 0. The van der Waals surface area contributed by atoms with Gasteiger partial charge in [-0.15, -0.1) is 0 Å². The van der Waals surface area contributed by atoms with E-state index in [1.807, 2.05) is 0 Å². The van der Waals surface area contributed by atoms with Crippen LogP contribution in [0.25, 0.3) is 0 Å². The molecule has 0 bridgehead atoms. The topological polar surface area (TPSA) is 17.1 Å². The largest absolute Gasteiger partial charge is 0.299 e. The second-order valence-electron chi connectivity index (χ2n) is 5.06. The minimum Gasteiger partial charge on any atom is -0.299 e. The Labute approximate surface area is 94.6 Å². The van der Waals surface area contributed by atoms with Crippen molar-refractivity contribution in [3.63, 3.8) is 0 Å². The third-order valence-corrected chi connectivity index (χ3v) is 3.84. The maximum absolute atomic E-state index is 11.7. The Balaban J connectivity index is 2.32. The van der Waals surface area contributed by atoms with E-state index in [9.17, 15) is 4.79 Å². The van der Waals surface area contributed by atoms with E-state index < -0.39 is 0 Å². The van der Waals surface area contributed by atoms with Gasteiger partial charge in [0, 0.05) is 12.3 Å². The molecule has 1 aliphatic rings. The number of rotatable bonds is 6. The van der Waals surface area contributed by atoms with Crippen LogP contribution in [0.1, 0.15) is 71.6 Å². The molecule has 0 heterocycles. The van der Waals surface area contributed by atoms with Crippen molar-refractivity contribution in [3.05, 3.63) is 0 Å². The van der Waals surface area contributed by atoms with Gasteiger partial charge in [-0.3, -0.25) is 4.79 Å². The Bertz CT molecular complexity index is 186. The SMILES string of the molecule is CCCC[C@@H](CC)C[C@H]1CCCCC1=O. The molecule has 0 saturated heterocycles. The molecule has 0 N–H and O–H groups in total. The number of hydrogen-bond donors (Lipinski definition) is 0. The summed E-state index contributed by atoms with van der Waals surface area (Å²) in [5.41, 5.74) is 0. The highest BCUT2D eigenvalue weighted by atomic mass is 16.1. The summed E-state index contributed by atoms with van der Waals surface area (Å²) in [5, 5.41) is 0. The predicted octanol–water partition coefficient (Wildman–Crippen LogP) is 4.35. The molecule has 1 nitrogen and oxygen atoms in total. The summed E-state index contributed by atoms with van der Waals surface area (Å²) in [7, 11) is 0. The van der Waals surface area contributed by atoms with Crippen LogP contribution in [-0.2, 0) is 4.79 Å². The standard InChI is InChI=1S/C14H26O/c1-3-5-8-12(4-2)11-13-9-6-7-10-14(13)15/h12-13H,3-11H2,1-2H3/t12-,13-/m1/s1. The minimum atomic E-state index is 0.417. The van der Waals surface area contributed by atoms with Crippen LogP contribution >= 0.6 is 0 Å². The molecule has 1 saturated carbocycles. The van der Waals surface area contributed by atoms with E-state index in [2.05, 4.69) is 13.8 Å². The maximum atomic E-state index is 11.7. The Morgan fingerprint density at radius 1 is 1.33 bits per heavy atom. The molecule has 0 radical (unpaired) electrons. The van der Waals surface area contributed by atoms with Crippen LogP contribution in [0.3, 0.4) is 0 Å². The van der Waals surface area contributed by atoms with E-state index in [0.29, 0.717) is 11.7 Å². The lowest BCUT2D eigenvalue weighted by Crippen LogP contribution is -2.21. The average molecular weight is 210 g/mol. The highest BCUT2D eigenvalue weighted by Crippen LogP contribution is 2.29. The molecule has 0 unspecified atom stereocenters. The Morgan fingerprint density at radius 2 is 2.13 bits per heavy atom. The highest BCUT2D eigenvalue weighted by Gasteiger charge is 2.24. The van der Waals surface area contributed by atoms with Crippen LogP contribution < -0.4 is 0 Å². The van der Waals surface area contributed by atoms with Crippen LogP contribution in [0, 0.1) is 11.8 Å². The van der Waals surface area contributed by atoms with Crippen LogP contribution in [0.5, 0.6) is 0 Å². The van der Waals surface area contributed by atoms with Crippen molar-refractivity contribution in [1.82, 2.24) is 0 Å². The molecule has 1 heteroatoms. The summed E-state index contributed by atoms with van der Waals surface area (Å²) in [6.07, 6.45) is 10.8. The fourth-order valence-corrected chi connectivity index (χ4v) is 2.69. The van der Waals surface area contributed by atoms with Crippen LogP contribution in [0.2, 0.25) is 0 Å². The zero-order chi connectivity index (χ0) is 11.1.